The first-order valence-electron chi connectivity index (χ1n) is 10.0. The molecule has 1 N–H and O–H groups in total. The molecule has 0 saturated carbocycles. The Morgan fingerprint density at radius 1 is 1.00 bits per heavy atom. The van der Waals surface area contributed by atoms with Crippen LogP contribution in [0.4, 0.5) is 10.1 Å². The molecule has 10 heteroatoms. The molecule has 0 saturated heterocycles. The summed E-state index contributed by atoms with van der Waals surface area (Å²) in [7, 11) is 1.61. The zero-order valence-electron chi connectivity index (χ0n) is 17.9. The van der Waals surface area contributed by atoms with Gasteiger partial charge < -0.3 is 5.32 Å². The van der Waals surface area contributed by atoms with Gasteiger partial charge in [-0.3, -0.25) is 28.2 Å². The van der Waals surface area contributed by atoms with E-state index in [0.29, 0.717) is 16.8 Å². The van der Waals surface area contributed by atoms with Crippen molar-refractivity contribution in [2.45, 2.75) is 20.0 Å². The summed E-state index contributed by atoms with van der Waals surface area (Å²) in [4.78, 5) is 50.2. The number of amides is 1. The van der Waals surface area contributed by atoms with Crippen molar-refractivity contribution in [3.8, 4) is 0 Å². The Morgan fingerprint density at radius 3 is 2.30 bits per heavy atom. The molecule has 4 rings (SSSR count). The molecule has 0 aliphatic heterocycles. The molecule has 0 atom stereocenters. The molecule has 0 aliphatic carbocycles. The van der Waals surface area contributed by atoms with E-state index in [4.69, 9.17) is 0 Å². The highest BCUT2D eigenvalue weighted by atomic mass is 19.1. The van der Waals surface area contributed by atoms with E-state index in [2.05, 4.69) is 10.4 Å². The topological polar surface area (TPSA) is 108 Å². The van der Waals surface area contributed by atoms with Crippen LogP contribution < -0.4 is 16.6 Å². The summed E-state index contributed by atoms with van der Waals surface area (Å²) in [6.45, 7) is 0.984. The van der Waals surface area contributed by atoms with E-state index in [1.54, 1.807) is 31.3 Å². The van der Waals surface area contributed by atoms with Gasteiger partial charge in [0, 0.05) is 24.5 Å². The first-order valence-corrected chi connectivity index (χ1v) is 10.0. The maximum atomic E-state index is 13.2. The van der Waals surface area contributed by atoms with Crippen molar-refractivity contribution in [3.63, 3.8) is 0 Å². The second-order valence-corrected chi connectivity index (χ2v) is 7.60. The van der Waals surface area contributed by atoms with Crippen LogP contribution in [0.5, 0.6) is 0 Å². The number of aryl methyl sites for hydroxylation is 1. The van der Waals surface area contributed by atoms with Gasteiger partial charge in [0.05, 0.1) is 12.1 Å². The number of Topliss-reactive ketones (excluding diaryl/α,β-unsaturated/α-hetero) is 1. The zero-order chi connectivity index (χ0) is 23.7. The molecular formula is C23H20FN5O4. The standard InChI is InChI=1S/C23H20FN5O4/c1-14(30)16-5-9-18(10-6-16)25-20(31)13-28-19-12-27(2)26-21(19)22(32)29(23(28)33)11-15-3-7-17(24)8-4-15/h3-10,12H,11,13H2,1-2H3,(H,25,31). The number of nitrogens with zero attached hydrogens (tertiary/aromatic N) is 4. The van der Waals surface area contributed by atoms with Crippen LogP contribution >= 0.6 is 0 Å². The van der Waals surface area contributed by atoms with Crippen molar-refractivity contribution in [3.05, 3.63) is 92.5 Å². The summed E-state index contributed by atoms with van der Waals surface area (Å²) >= 11 is 0. The number of aromatic nitrogens is 4. The van der Waals surface area contributed by atoms with E-state index in [1.165, 1.54) is 46.6 Å². The van der Waals surface area contributed by atoms with Crippen LogP contribution in [0.1, 0.15) is 22.8 Å². The normalized spacial score (nSPS) is 11.0. The minimum absolute atomic E-state index is 0.0397. The van der Waals surface area contributed by atoms with Gasteiger partial charge >= 0.3 is 5.69 Å². The molecule has 0 aliphatic rings. The average molecular weight is 449 g/mol. The lowest BCUT2D eigenvalue weighted by Crippen LogP contribution is -2.41. The highest BCUT2D eigenvalue weighted by molar-refractivity contribution is 5.95. The molecular weight excluding hydrogens is 429 g/mol. The number of fused-ring (bicyclic) bond motifs is 1. The number of ketones is 1. The van der Waals surface area contributed by atoms with Crippen molar-refractivity contribution in [1.82, 2.24) is 18.9 Å². The fraction of sp³-hybridized carbons (Fsp3) is 0.174. The third-order valence-electron chi connectivity index (χ3n) is 5.14. The molecule has 0 unspecified atom stereocenters. The van der Waals surface area contributed by atoms with E-state index < -0.39 is 23.0 Å². The van der Waals surface area contributed by atoms with E-state index in [0.717, 1.165) is 4.57 Å². The van der Waals surface area contributed by atoms with Gasteiger partial charge in [-0.2, -0.15) is 5.10 Å². The van der Waals surface area contributed by atoms with Gasteiger partial charge in [-0.25, -0.2) is 9.18 Å². The zero-order valence-corrected chi connectivity index (χ0v) is 17.9. The molecule has 1 amide bonds. The predicted molar refractivity (Wildman–Crippen MR) is 120 cm³/mol. The number of carbonyl (C=O) groups excluding carboxylic acids is 2. The molecule has 0 radical (unpaired) electrons. The van der Waals surface area contributed by atoms with Gasteiger partial charge in [0.2, 0.25) is 5.91 Å². The van der Waals surface area contributed by atoms with Crippen molar-refractivity contribution < 1.29 is 14.0 Å². The van der Waals surface area contributed by atoms with Crippen LogP contribution in [0.15, 0.2) is 64.3 Å². The Bertz CT molecular complexity index is 1480. The quantitative estimate of drug-likeness (QED) is 0.453. The van der Waals surface area contributed by atoms with Crippen LogP contribution in [0, 0.1) is 5.82 Å². The predicted octanol–water partition coefficient (Wildman–Crippen LogP) is 1.93. The molecule has 2 heterocycles. The molecule has 9 nitrogen and oxygen atoms in total. The van der Waals surface area contributed by atoms with Gasteiger partial charge in [0.1, 0.15) is 12.4 Å². The SMILES string of the molecule is CC(=O)c1ccc(NC(=O)Cn2c(=O)n(Cc3ccc(F)cc3)c(=O)c3nn(C)cc32)cc1. The minimum atomic E-state index is -0.688. The lowest BCUT2D eigenvalue weighted by molar-refractivity contribution is -0.116. The summed E-state index contributed by atoms with van der Waals surface area (Å²) in [5.74, 6) is -1.02. The lowest BCUT2D eigenvalue weighted by atomic mass is 10.1. The van der Waals surface area contributed by atoms with Crippen LogP contribution in [0.25, 0.3) is 11.0 Å². The summed E-state index contributed by atoms with van der Waals surface area (Å²) < 4.78 is 16.8. The summed E-state index contributed by atoms with van der Waals surface area (Å²) in [6.07, 6.45) is 1.50. The fourth-order valence-corrected chi connectivity index (χ4v) is 3.49. The highest BCUT2D eigenvalue weighted by Crippen LogP contribution is 2.11. The maximum Gasteiger partial charge on any atom is 0.332 e. The second kappa shape index (κ2) is 8.65. The highest BCUT2D eigenvalue weighted by Gasteiger charge is 2.18. The van der Waals surface area contributed by atoms with E-state index in [1.807, 2.05) is 0 Å². The summed E-state index contributed by atoms with van der Waals surface area (Å²) in [5, 5.41) is 6.83. The van der Waals surface area contributed by atoms with Crippen LogP contribution in [0.3, 0.4) is 0 Å². The molecule has 2 aromatic heterocycles. The lowest BCUT2D eigenvalue weighted by Gasteiger charge is -2.12. The molecule has 0 bridgehead atoms. The van der Waals surface area contributed by atoms with Crippen molar-refractivity contribution >= 4 is 28.4 Å². The van der Waals surface area contributed by atoms with Crippen LogP contribution in [-0.2, 0) is 24.9 Å². The Balaban J connectivity index is 1.69. The Kier molecular flexibility index (Phi) is 5.74. The monoisotopic (exact) mass is 449 g/mol. The number of nitrogens with one attached hydrogen (secondary N) is 1. The maximum absolute atomic E-state index is 13.2. The van der Waals surface area contributed by atoms with Crippen molar-refractivity contribution in [2.75, 3.05) is 5.32 Å². The molecule has 168 valence electrons. The van der Waals surface area contributed by atoms with E-state index >= 15 is 0 Å². The number of hydrogen-bond acceptors (Lipinski definition) is 5. The molecule has 0 fully saturated rings. The third-order valence-corrected chi connectivity index (χ3v) is 5.14. The number of carbonyl (C=O) groups is 2. The number of benzene rings is 2. The van der Waals surface area contributed by atoms with Crippen LogP contribution in [-0.4, -0.2) is 30.6 Å². The van der Waals surface area contributed by atoms with Gasteiger partial charge in [-0.1, -0.05) is 12.1 Å². The van der Waals surface area contributed by atoms with Crippen molar-refractivity contribution in [2.24, 2.45) is 7.05 Å². The van der Waals surface area contributed by atoms with Crippen molar-refractivity contribution in [1.29, 1.82) is 0 Å². The summed E-state index contributed by atoms with van der Waals surface area (Å²) in [5.41, 5.74) is 0.493. The minimum Gasteiger partial charge on any atom is -0.325 e. The second-order valence-electron chi connectivity index (χ2n) is 7.60. The fourth-order valence-electron chi connectivity index (χ4n) is 3.49. The number of halogens is 1. The first kappa shape index (κ1) is 21.9. The third kappa shape index (κ3) is 4.49. The van der Waals surface area contributed by atoms with Gasteiger partial charge in [0.25, 0.3) is 5.56 Å². The number of hydrogen-bond donors (Lipinski definition) is 1. The summed E-state index contributed by atoms with van der Waals surface area (Å²) in [6, 6.07) is 11.8. The van der Waals surface area contributed by atoms with Gasteiger partial charge in [-0.15, -0.1) is 0 Å². The Labute approximate surface area is 186 Å². The largest absolute Gasteiger partial charge is 0.332 e. The number of rotatable bonds is 6. The molecule has 33 heavy (non-hydrogen) atoms. The average Bonchev–Trinajstić information content (AvgIpc) is 3.17. The van der Waals surface area contributed by atoms with E-state index in [-0.39, 0.29) is 29.9 Å². The molecule has 0 spiro atoms. The van der Waals surface area contributed by atoms with Gasteiger partial charge in [-0.05, 0) is 48.9 Å². The molecule has 2 aromatic carbocycles. The van der Waals surface area contributed by atoms with Crippen LogP contribution in [0.2, 0.25) is 0 Å². The molecule has 4 aromatic rings. The number of anilines is 1. The Hall–Kier alpha value is -4.34. The van der Waals surface area contributed by atoms with Gasteiger partial charge in [0.15, 0.2) is 11.3 Å². The van der Waals surface area contributed by atoms with E-state index in [9.17, 15) is 23.6 Å². The smallest absolute Gasteiger partial charge is 0.325 e. The Morgan fingerprint density at radius 2 is 1.67 bits per heavy atom. The first-order chi connectivity index (χ1) is 15.7.